The van der Waals surface area contributed by atoms with E-state index < -0.39 is 10.2 Å². The number of nitrogens with zero attached hydrogens (tertiary/aromatic N) is 3. The predicted octanol–water partition coefficient (Wildman–Crippen LogP) is 2.22. The van der Waals surface area contributed by atoms with Gasteiger partial charge in [-0.3, -0.25) is 4.79 Å². The highest BCUT2D eigenvalue weighted by molar-refractivity contribution is 7.86. The number of rotatable bonds is 3. The van der Waals surface area contributed by atoms with Gasteiger partial charge in [0.05, 0.1) is 10.6 Å². The van der Waals surface area contributed by atoms with E-state index in [0.29, 0.717) is 49.9 Å². The van der Waals surface area contributed by atoms with Crippen LogP contribution in [0.4, 0.5) is 0 Å². The second-order valence-corrected chi connectivity index (χ2v) is 8.83. The molecule has 2 heterocycles. The SMILES string of the molecule is O=C(c1ccccc1Cl)N1CCN(S(=O)(=O)N2CCCCCC2)CC1. The molecule has 8 heteroatoms. The van der Waals surface area contributed by atoms with Crippen LogP contribution >= 0.6 is 11.6 Å². The molecule has 1 aromatic carbocycles. The summed E-state index contributed by atoms with van der Waals surface area (Å²) in [6, 6.07) is 6.95. The highest BCUT2D eigenvalue weighted by atomic mass is 35.5. The van der Waals surface area contributed by atoms with Crippen molar-refractivity contribution in [3.63, 3.8) is 0 Å². The van der Waals surface area contributed by atoms with Crippen molar-refractivity contribution in [1.29, 1.82) is 0 Å². The Balaban J connectivity index is 1.63. The van der Waals surface area contributed by atoms with E-state index in [9.17, 15) is 13.2 Å². The molecule has 3 rings (SSSR count). The minimum absolute atomic E-state index is 0.141. The fourth-order valence-electron chi connectivity index (χ4n) is 3.36. The van der Waals surface area contributed by atoms with Gasteiger partial charge in [0.1, 0.15) is 0 Å². The number of carbonyl (C=O) groups excluding carboxylic acids is 1. The largest absolute Gasteiger partial charge is 0.336 e. The van der Waals surface area contributed by atoms with Crippen LogP contribution in [0.3, 0.4) is 0 Å². The number of hydrogen-bond donors (Lipinski definition) is 0. The molecule has 0 atom stereocenters. The van der Waals surface area contributed by atoms with E-state index in [1.807, 2.05) is 0 Å². The molecule has 6 nitrogen and oxygen atoms in total. The first kappa shape index (κ1) is 18.6. The summed E-state index contributed by atoms with van der Waals surface area (Å²) in [5.74, 6) is -0.141. The smallest absolute Gasteiger partial charge is 0.282 e. The number of halogens is 1. The van der Waals surface area contributed by atoms with Crippen molar-refractivity contribution in [1.82, 2.24) is 13.5 Å². The fourth-order valence-corrected chi connectivity index (χ4v) is 5.25. The van der Waals surface area contributed by atoms with Crippen molar-refractivity contribution in [2.45, 2.75) is 25.7 Å². The van der Waals surface area contributed by atoms with Gasteiger partial charge in [0.15, 0.2) is 0 Å². The van der Waals surface area contributed by atoms with Crippen molar-refractivity contribution >= 4 is 27.7 Å². The Morgan fingerprint density at radius 3 is 2.00 bits per heavy atom. The fraction of sp³-hybridized carbons (Fsp3) is 0.588. The molecule has 2 aliphatic heterocycles. The van der Waals surface area contributed by atoms with Crippen molar-refractivity contribution in [3.8, 4) is 0 Å². The van der Waals surface area contributed by atoms with Crippen LogP contribution < -0.4 is 0 Å². The van der Waals surface area contributed by atoms with Gasteiger partial charge in [0.2, 0.25) is 0 Å². The molecule has 0 aromatic heterocycles. The van der Waals surface area contributed by atoms with Crippen LogP contribution in [-0.4, -0.2) is 67.1 Å². The lowest BCUT2D eigenvalue weighted by Crippen LogP contribution is -2.54. The normalized spacial score (nSPS) is 21.1. The van der Waals surface area contributed by atoms with E-state index in [4.69, 9.17) is 11.6 Å². The van der Waals surface area contributed by atoms with Crippen molar-refractivity contribution in [3.05, 3.63) is 34.9 Å². The molecule has 0 bridgehead atoms. The summed E-state index contributed by atoms with van der Waals surface area (Å²) in [6.07, 6.45) is 4.02. The zero-order valence-electron chi connectivity index (χ0n) is 14.2. The zero-order chi connectivity index (χ0) is 17.9. The number of carbonyl (C=O) groups is 1. The summed E-state index contributed by atoms with van der Waals surface area (Å²) in [6.45, 7) is 2.63. The summed E-state index contributed by atoms with van der Waals surface area (Å²) in [5, 5.41) is 0.423. The van der Waals surface area contributed by atoms with Gasteiger partial charge in [-0.2, -0.15) is 17.0 Å². The van der Waals surface area contributed by atoms with Gasteiger partial charge >= 0.3 is 0 Å². The van der Waals surface area contributed by atoms with Crippen LogP contribution in [0.1, 0.15) is 36.0 Å². The molecule has 0 unspecified atom stereocenters. The average molecular weight is 386 g/mol. The van der Waals surface area contributed by atoms with Gasteiger partial charge < -0.3 is 4.90 Å². The number of piperazine rings is 1. The molecule has 0 spiro atoms. The van der Waals surface area contributed by atoms with E-state index in [1.165, 1.54) is 4.31 Å². The van der Waals surface area contributed by atoms with E-state index in [0.717, 1.165) is 25.7 Å². The van der Waals surface area contributed by atoms with Gasteiger partial charge in [-0.25, -0.2) is 0 Å². The second-order valence-electron chi connectivity index (χ2n) is 6.49. The second kappa shape index (κ2) is 8.03. The predicted molar refractivity (Wildman–Crippen MR) is 97.9 cm³/mol. The molecule has 0 N–H and O–H groups in total. The van der Waals surface area contributed by atoms with Gasteiger partial charge in [-0.05, 0) is 25.0 Å². The summed E-state index contributed by atoms with van der Waals surface area (Å²) in [4.78, 5) is 14.3. The Kier molecular flexibility index (Phi) is 5.99. The highest BCUT2D eigenvalue weighted by Crippen LogP contribution is 2.21. The summed E-state index contributed by atoms with van der Waals surface area (Å²) in [5.41, 5.74) is 0.466. The lowest BCUT2D eigenvalue weighted by molar-refractivity contribution is 0.0694. The minimum atomic E-state index is -3.43. The van der Waals surface area contributed by atoms with Crippen molar-refractivity contribution in [2.75, 3.05) is 39.3 Å². The Bertz CT molecular complexity index is 710. The van der Waals surface area contributed by atoms with Crippen LogP contribution in [0.2, 0.25) is 5.02 Å². The van der Waals surface area contributed by atoms with E-state index in [1.54, 1.807) is 33.5 Å². The Morgan fingerprint density at radius 2 is 1.40 bits per heavy atom. The van der Waals surface area contributed by atoms with Crippen LogP contribution in [0.15, 0.2) is 24.3 Å². The van der Waals surface area contributed by atoms with Gasteiger partial charge in [0.25, 0.3) is 16.1 Å². The maximum atomic E-state index is 12.8. The molecular weight excluding hydrogens is 362 g/mol. The molecule has 2 saturated heterocycles. The van der Waals surface area contributed by atoms with E-state index in [2.05, 4.69) is 0 Å². The van der Waals surface area contributed by atoms with Gasteiger partial charge in [-0.1, -0.05) is 36.6 Å². The first-order chi connectivity index (χ1) is 12.0. The average Bonchev–Trinajstić information content (AvgIpc) is 2.92. The third-order valence-electron chi connectivity index (χ3n) is 4.85. The number of amides is 1. The number of benzene rings is 1. The van der Waals surface area contributed by atoms with Gasteiger partial charge in [-0.15, -0.1) is 0 Å². The minimum Gasteiger partial charge on any atom is -0.336 e. The third-order valence-corrected chi connectivity index (χ3v) is 7.21. The topological polar surface area (TPSA) is 60.9 Å². The van der Waals surface area contributed by atoms with E-state index >= 15 is 0 Å². The summed E-state index contributed by atoms with van der Waals surface area (Å²) >= 11 is 6.10. The molecule has 25 heavy (non-hydrogen) atoms. The quantitative estimate of drug-likeness (QED) is 0.801. The van der Waals surface area contributed by atoms with Crippen molar-refractivity contribution < 1.29 is 13.2 Å². The molecule has 0 aliphatic carbocycles. The molecule has 0 radical (unpaired) electrons. The van der Waals surface area contributed by atoms with Gasteiger partial charge in [0, 0.05) is 39.3 Å². The highest BCUT2D eigenvalue weighted by Gasteiger charge is 2.33. The van der Waals surface area contributed by atoms with Crippen LogP contribution in [0.5, 0.6) is 0 Å². The first-order valence-corrected chi connectivity index (χ1v) is 10.6. The molecular formula is C17H24ClN3O3S. The maximum Gasteiger partial charge on any atom is 0.282 e. The van der Waals surface area contributed by atoms with Crippen molar-refractivity contribution in [2.24, 2.45) is 0 Å². The molecule has 2 aliphatic rings. The Hall–Kier alpha value is -1.15. The Morgan fingerprint density at radius 1 is 0.840 bits per heavy atom. The monoisotopic (exact) mass is 385 g/mol. The molecule has 0 saturated carbocycles. The van der Waals surface area contributed by atoms with Crippen LogP contribution in [0, 0.1) is 0 Å². The lowest BCUT2D eigenvalue weighted by Gasteiger charge is -2.36. The van der Waals surface area contributed by atoms with E-state index in [-0.39, 0.29) is 5.91 Å². The first-order valence-electron chi connectivity index (χ1n) is 8.79. The summed E-state index contributed by atoms with van der Waals surface area (Å²) in [7, 11) is -3.43. The van der Waals surface area contributed by atoms with Crippen LogP contribution in [-0.2, 0) is 10.2 Å². The third kappa shape index (κ3) is 4.16. The van der Waals surface area contributed by atoms with Crippen LogP contribution in [0.25, 0.3) is 0 Å². The standard InChI is InChI=1S/C17H24ClN3O3S/c18-16-8-4-3-7-15(16)17(22)19-11-13-21(14-12-19)25(23,24)20-9-5-1-2-6-10-20/h3-4,7-8H,1-2,5-6,9-14H2. The summed E-state index contributed by atoms with van der Waals surface area (Å²) < 4.78 is 28.8. The maximum absolute atomic E-state index is 12.8. The molecule has 138 valence electrons. The number of hydrogen-bond acceptors (Lipinski definition) is 3. The molecule has 2 fully saturated rings. The zero-order valence-corrected chi connectivity index (χ0v) is 15.8. The molecule has 1 aromatic rings. The lowest BCUT2D eigenvalue weighted by atomic mass is 10.2. The Labute approximate surface area is 154 Å². The molecule has 1 amide bonds.